The van der Waals surface area contributed by atoms with Gasteiger partial charge in [-0.2, -0.15) is 0 Å². The third-order valence-electron chi connectivity index (χ3n) is 7.24. The Morgan fingerprint density at radius 2 is 1.66 bits per heavy atom. The topological polar surface area (TPSA) is 130 Å². The minimum atomic E-state index is -3.25. The summed E-state index contributed by atoms with van der Waals surface area (Å²) in [5.41, 5.74) is 4.21. The number of amides is 2. The lowest BCUT2D eigenvalue weighted by Gasteiger charge is -2.24. The number of carbonyl (C=O) groups is 3. The van der Waals surface area contributed by atoms with Crippen molar-refractivity contribution in [2.75, 3.05) is 25.4 Å². The molecule has 3 atom stereocenters. The molecule has 2 aromatic rings. The number of rotatable bonds is 6. The summed E-state index contributed by atoms with van der Waals surface area (Å²) in [5, 5.41) is 11.1. The van der Waals surface area contributed by atoms with Crippen LogP contribution in [0.25, 0.3) is 11.1 Å². The SMILES string of the molecule is O=C(O)CC(NC(=O)OCC1c2ccccc2-c2ccccc21)C(=O)N1C[C@H]2CCS(=O)(=O)[C@H]2C1. The molecule has 0 aromatic heterocycles. The second kappa shape index (κ2) is 8.99. The highest BCUT2D eigenvalue weighted by molar-refractivity contribution is 7.92. The Balaban J connectivity index is 1.25. The molecule has 9 nitrogen and oxygen atoms in total. The number of fused-ring (bicyclic) bond motifs is 4. The molecule has 2 N–H and O–H groups in total. The van der Waals surface area contributed by atoms with Gasteiger partial charge in [-0.05, 0) is 34.6 Å². The van der Waals surface area contributed by atoms with Crippen molar-refractivity contribution in [1.29, 1.82) is 0 Å². The Labute approximate surface area is 203 Å². The van der Waals surface area contributed by atoms with Crippen molar-refractivity contribution in [1.82, 2.24) is 10.2 Å². The zero-order valence-electron chi connectivity index (χ0n) is 18.9. The van der Waals surface area contributed by atoms with E-state index in [9.17, 15) is 27.9 Å². The van der Waals surface area contributed by atoms with Crippen molar-refractivity contribution in [3.05, 3.63) is 59.7 Å². The Hall–Kier alpha value is -3.40. The highest BCUT2D eigenvalue weighted by Crippen LogP contribution is 2.44. The first-order valence-corrected chi connectivity index (χ1v) is 13.3. The lowest BCUT2D eigenvalue weighted by Crippen LogP contribution is -2.49. The van der Waals surface area contributed by atoms with E-state index < -0.39 is 45.5 Å². The summed E-state index contributed by atoms with van der Waals surface area (Å²) in [6.07, 6.45) is -1.03. The van der Waals surface area contributed by atoms with E-state index in [1.165, 1.54) is 4.90 Å². The monoisotopic (exact) mass is 498 g/mol. The number of hydrogen-bond donors (Lipinski definition) is 2. The van der Waals surface area contributed by atoms with E-state index in [4.69, 9.17) is 4.74 Å². The van der Waals surface area contributed by atoms with Crippen LogP contribution in [0.4, 0.5) is 4.79 Å². The predicted molar refractivity (Wildman–Crippen MR) is 127 cm³/mol. The number of benzene rings is 2. The van der Waals surface area contributed by atoms with E-state index >= 15 is 0 Å². The molecule has 5 rings (SSSR count). The minimum Gasteiger partial charge on any atom is -0.481 e. The lowest BCUT2D eigenvalue weighted by molar-refractivity contribution is -0.142. The summed E-state index contributed by atoms with van der Waals surface area (Å²) in [4.78, 5) is 38.4. The first kappa shape index (κ1) is 23.3. The molecule has 35 heavy (non-hydrogen) atoms. The fourth-order valence-corrected chi connectivity index (χ4v) is 7.70. The average molecular weight is 499 g/mol. The number of carbonyl (C=O) groups excluding carboxylic acids is 2. The first-order chi connectivity index (χ1) is 16.7. The fourth-order valence-electron chi connectivity index (χ4n) is 5.55. The van der Waals surface area contributed by atoms with Gasteiger partial charge in [0, 0.05) is 19.0 Å². The molecule has 2 saturated heterocycles. The lowest BCUT2D eigenvalue weighted by atomic mass is 9.98. The van der Waals surface area contributed by atoms with E-state index in [0.29, 0.717) is 6.42 Å². The number of ether oxygens (including phenoxy) is 1. The van der Waals surface area contributed by atoms with E-state index in [-0.39, 0.29) is 37.3 Å². The number of sulfone groups is 1. The van der Waals surface area contributed by atoms with Gasteiger partial charge in [0.2, 0.25) is 5.91 Å². The molecule has 0 saturated carbocycles. The van der Waals surface area contributed by atoms with Gasteiger partial charge in [-0.3, -0.25) is 9.59 Å². The molecular weight excluding hydrogens is 472 g/mol. The molecule has 184 valence electrons. The molecule has 0 bridgehead atoms. The Kier molecular flexibility index (Phi) is 6.00. The van der Waals surface area contributed by atoms with Crippen molar-refractivity contribution < 1.29 is 32.6 Å². The second-order valence-electron chi connectivity index (χ2n) is 9.32. The Morgan fingerprint density at radius 1 is 1.03 bits per heavy atom. The largest absolute Gasteiger partial charge is 0.481 e. The van der Waals surface area contributed by atoms with Crippen LogP contribution in [0.15, 0.2) is 48.5 Å². The van der Waals surface area contributed by atoms with Gasteiger partial charge < -0.3 is 20.1 Å². The van der Waals surface area contributed by atoms with Gasteiger partial charge >= 0.3 is 12.1 Å². The summed E-state index contributed by atoms with van der Waals surface area (Å²) in [6.45, 7) is 0.291. The zero-order valence-corrected chi connectivity index (χ0v) is 19.7. The van der Waals surface area contributed by atoms with Crippen molar-refractivity contribution in [2.45, 2.75) is 30.1 Å². The highest BCUT2D eigenvalue weighted by atomic mass is 32.2. The second-order valence-corrected chi connectivity index (χ2v) is 11.7. The summed E-state index contributed by atoms with van der Waals surface area (Å²) >= 11 is 0. The molecular formula is C25H26N2O7S. The van der Waals surface area contributed by atoms with E-state index in [0.717, 1.165) is 22.3 Å². The number of carboxylic acid groups (broad SMARTS) is 1. The van der Waals surface area contributed by atoms with Crippen LogP contribution in [0.2, 0.25) is 0 Å². The third-order valence-corrected chi connectivity index (χ3v) is 9.50. The van der Waals surface area contributed by atoms with Gasteiger partial charge in [0.25, 0.3) is 0 Å². The van der Waals surface area contributed by atoms with Crippen molar-refractivity contribution in [3.8, 4) is 11.1 Å². The molecule has 0 spiro atoms. The normalized spacial score (nSPS) is 22.7. The van der Waals surface area contributed by atoms with Crippen LogP contribution in [0.3, 0.4) is 0 Å². The highest BCUT2D eigenvalue weighted by Gasteiger charge is 2.48. The standard InChI is InChI=1S/C25H26N2O7S/c28-23(29)11-21(24(30)27-12-15-9-10-35(32,33)22(15)13-27)26-25(31)34-14-20-18-7-3-1-5-16(18)17-6-2-4-8-19(17)20/h1-8,15,20-22H,9-14H2,(H,26,31)(H,28,29)/t15-,21?,22+/m1/s1. The average Bonchev–Trinajstić information content (AvgIpc) is 3.48. The molecule has 3 aliphatic rings. The number of alkyl carbamates (subject to hydrolysis) is 1. The van der Waals surface area contributed by atoms with Crippen LogP contribution in [0.5, 0.6) is 0 Å². The minimum absolute atomic E-state index is 0.0221. The summed E-state index contributed by atoms with van der Waals surface area (Å²) in [7, 11) is -3.25. The summed E-state index contributed by atoms with van der Waals surface area (Å²) in [5.74, 6) is -2.07. The smallest absolute Gasteiger partial charge is 0.407 e. The molecule has 1 unspecified atom stereocenters. The van der Waals surface area contributed by atoms with Gasteiger partial charge in [-0.25, -0.2) is 13.2 Å². The Bertz CT molecular complexity index is 1250. The van der Waals surface area contributed by atoms with Crippen LogP contribution in [0, 0.1) is 5.92 Å². The van der Waals surface area contributed by atoms with Gasteiger partial charge in [0.05, 0.1) is 17.4 Å². The molecule has 0 radical (unpaired) electrons. The van der Waals surface area contributed by atoms with Gasteiger partial charge in [-0.1, -0.05) is 48.5 Å². The number of hydrogen-bond acceptors (Lipinski definition) is 6. The molecule has 2 aromatic carbocycles. The number of carboxylic acids is 1. The number of likely N-dealkylation sites (tertiary alicyclic amines) is 1. The van der Waals surface area contributed by atoms with Crippen molar-refractivity contribution in [2.24, 2.45) is 5.92 Å². The van der Waals surface area contributed by atoms with Gasteiger partial charge in [-0.15, -0.1) is 0 Å². The molecule has 2 amide bonds. The van der Waals surface area contributed by atoms with Crippen LogP contribution >= 0.6 is 0 Å². The quantitative estimate of drug-likeness (QED) is 0.623. The molecule has 2 heterocycles. The summed E-state index contributed by atoms with van der Waals surface area (Å²) < 4.78 is 29.9. The van der Waals surface area contributed by atoms with Crippen molar-refractivity contribution in [3.63, 3.8) is 0 Å². The molecule has 10 heteroatoms. The van der Waals surface area contributed by atoms with Crippen LogP contribution < -0.4 is 5.32 Å². The first-order valence-electron chi connectivity index (χ1n) is 11.6. The molecule has 1 aliphatic carbocycles. The van der Waals surface area contributed by atoms with Gasteiger partial charge in [0.1, 0.15) is 12.6 Å². The Morgan fingerprint density at radius 3 is 2.26 bits per heavy atom. The van der Waals surface area contributed by atoms with E-state index in [2.05, 4.69) is 5.32 Å². The van der Waals surface area contributed by atoms with Crippen LogP contribution in [-0.4, -0.2) is 73.1 Å². The van der Waals surface area contributed by atoms with E-state index in [1.54, 1.807) is 0 Å². The maximum absolute atomic E-state index is 13.0. The molecule has 2 aliphatic heterocycles. The van der Waals surface area contributed by atoms with E-state index in [1.807, 2.05) is 48.5 Å². The third kappa shape index (κ3) is 4.38. The van der Waals surface area contributed by atoms with Crippen LogP contribution in [0.1, 0.15) is 29.9 Å². The number of aliphatic carboxylic acids is 1. The fraction of sp³-hybridized carbons (Fsp3) is 0.400. The molecule has 2 fully saturated rings. The van der Waals surface area contributed by atoms with Crippen molar-refractivity contribution >= 4 is 27.8 Å². The van der Waals surface area contributed by atoms with Crippen LogP contribution in [-0.2, 0) is 24.2 Å². The number of nitrogens with one attached hydrogen (secondary N) is 1. The number of nitrogens with zero attached hydrogens (tertiary/aromatic N) is 1. The summed E-state index contributed by atoms with van der Waals surface area (Å²) in [6, 6.07) is 14.4. The maximum atomic E-state index is 13.0. The predicted octanol–water partition coefficient (Wildman–Crippen LogP) is 2.01. The maximum Gasteiger partial charge on any atom is 0.407 e. The van der Waals surface area contributed by atoms with Gasteiger partial charge in [0.15, 0.2) is 9.84 Å². The zero-order chi connectivity index (χ0) is 24.7.